The molecule has 8 nitrogen and oxygen atoms in total. The Morgan fingerprint density at radius 2 is 1.82 bits per heavy atom. The van der Waals surface area contributed by atoms with Gasteiger partial charge in [-0.15, -0.1) is 0 Å². The van der Waals surface area contributed by atoms with Crippen molar-refractivity contribution >= 4 is 10.0 Å². The summed E-state index contributed by atoms with van der Waals surface area (Å²) in [5.74, 6) is 0.737. The molecule has 2 aliphatic rings. The van der Waals surface area contributed by atoms with E-state index in [9.17, 15) is 13.2 Å². The molecule has 0 spiro atoms. The standard InChI is InChI=1S/C19H27N5O3S/c1-14(2)22-11-18(21-13-22)28(26,27)24-7-5-15(6-8-24)10-23-12-20-17(9-19(23)25)16-3-4-16/h9,11-16H,3-8,10H2,1-2H3. The average molecular weight is 406 g/mol. The maximum atomic E-state index is 12.8. The fourth-order valence-corrected chi connectivity index (χ4v) is 5.05. The molecule has 0 bridgehead atoms. The van der Waals surface area contributed by atoms with E-state index >= 15 is 0 Å². The third-order valence-electron chi connectivity index (χ3n) is 5.70. The van der Waals surface area contributed by atoms with Crippen LogP contribution < -0.4 is 5.56 Å². The van der Waals surface area contributed by atoms with Crippen LogP contribution in [0.15, 0.2) is 34.7 Å². The molecule has 1 saturated carbocycles. The average Bonchev–Trinajstić information content (AvgIpc) is 3.38. The van der Waals surface area contributed by atoms with Crippen molar-refractivity contribution in [1.29, 1.82) is 0 Å². The van der Waals surface area contributed by atoms with E-state index in [2.05, 4.69) is 9.97 Å². The second kappa shape index (κ2) is 7.44. The Labute approximate surface area is 165 Å². The monoisotopic (exact) mass is 405 g/mol. The number of rotatable bonds is 6. The summed E-state index contributed by atoms with van der Waals surface area (Å²) in [6.07, 6.45) is 8.50. The van der Waals surface area contributed by atoms with Gasteiger partial charge in [0.2, 0.25) is 0 Å². The van der Waals surface area contributed by atoms with Crippen LogP contribution in [0.1, 0.15) is 57.2 Å². The van der Waals surface area contributed by atoms with E-state index in [1.807, 2.05) is 13.8 Å². The van der Waals surface area contributed by atoms with Gasteiger partial charge < -0.3 is 4.57 Å². The Hall–Kier alpha value is -2.00. The minimum Gasteiger partial charge on any atom is -0.334 e. The van der Waals surface area contributed by atoms with Crippen molar-refractivity contribution in [3.63, 3.8) is 0 Å². The molecule has 9 heteroatoms. The fraction of sp³-hybridized carbons (Fsp3) is 0.632. The first kappa shape index (κ1) is 19.3. The molecule has 1 aliphatic carbocycles. The Morgan fingerprint density at radius 1 is 1.11 bits per heavy atom. The highest BCUT2D eigenvalue weighted by atomic mass is 32.2. The number of aromatic nitrogens is 4. The van der Waals surface area contributed by atoms with Crippen molar-refractivity contribution < 1.29 is 8.42 Å². The summed E-state index contributed by atoms with van der Waals surface area (Å²) < 4.78 is 30.6. The highest BCUT2D eigenvalue weighted by Crippen LogP contribution is 2.38. The first-order valence-electron chi connectivity index (χ1n) is 9.94. The topological polar surface area (TPSA) is 90.1 Å². The van der Waals surface area contributed by atoms with Gasteiger partial charge in [0.15, 0.2) is 5.03 Å². The van der Waals surface area contributed by atoms with Crippen LogP contribution in [0.2, 0.25) is 0 Å². The number of imidazole rings is 1. The van der Waals surface area contributed by atoms with Crippen LogP contribution in [-0.4, -0.2) is 44.9 Å². The van der Waals surface area contributed by atoms with Gasteiger partial charge in [-0.3, -0.25) is 9.36 Å². The molecule has 4 rings (SSSR count). The van der Waals surface area contributed by atoms with E-state index in [1.54, 1.807) is 34.1 Å². The van der Waals surface area contributed by atoms with Crippen LogP contribution in [-0.2, 0) is 16.6 Å². The van der Waals surface area contributed by atoms with Crippen molar-refractivity contribution in [2.45, 2.75) is 63.1 Å². The van der Waals surface area contributed by atoms with E-state index in [0.717, 1.165) is 31.4 Å². The third-order valence-corrected chi connectivity index (χ3v) is 7.49. The Bertz CT molecular complexity index is 999. The van der Waals surface area contributed by atoms with Crippen LogP contribution in [0.3, 0.4) is 0 Å². The molecule has 3 heterocycles. The molecular formula is C19H27N5O3S. The molecule has 1 aliphatic heterocycles. The van der Waals surface area contributed by atoms with Gasteiger partial charge in [-0.05, 0) is 45.4 Å². The lowest BCUT2D eigenvalue weighted by Gasteiger charge is -2.30. The molecule has 0 N–H and O–H groups in total. The van der Waals surface area contributed by atoms with Gasteiger partial charge in [-0.25, -0.2) is 18.4 Å². The van der Waals surface area contributed by atoms with Gasteiger partial charge in [-0.1, -0.05) is 0 Å². The maximum Gasteiger partial charge on any atom is 0.262 e. The van der Waals surface area contributed by atoms with Crippen LogP contribution >= 0.6 is 0 Å². The molecule has 2 fully saturated rings. The van der Waals surface area contributed by atoms with Gasteiger partial charge in [0.05, 0.1) is 18.3 Å². The lowest BCUT2D eigenvalue weighted by Crippen LogP contribution is -2.40. The number of piperidine rings is 1. The first-order chi connectivity index (χ1) is 13.3. The van der Waals surface area contributed by atoms with Crippen molar-refractivity contribution in [1.82, 2.24) is 23.4 Å². The van der Waals surface area contributed by atoms with Crippen molar-refractivity contribution in [3.05, 3.63) is 41.0 Å². The lowest BCUT2D eigenvalue weighted by atomic mass is 9.98. The molecule has 0 radical (unpaired) electrons. The molecule has 2 aromatic rings. The minimum absolute atomic E-state index is 0.00817. The van der Waals surface area contributed by atoms with Gasteiger partial charge in [-0.2, -0.15) is 4.31 Å². The number of sulfonamides is 1. The Morgan fingerprint density at radius 3 is 2.39 bits per heavy atom. The summed E-state index contributed by atoms with van der Waals surface area (Å²) in [5, 5.41) is 0.107. The van der Waals surface area contributed by atoms with Crippen molar-refractivity contribution in [2.75, 3.05) is 13.1 Å². The summed E-state index contributed by atoms with van der Waals surface area (Å²) >= 11 is 0. The summed E-state index contributed by atoms with van der Waals surface area (Å²) in [6, 6.07) is 1.82. The molecule has 0 atom stereocenters. The highest BCUT2D eigenvalue weighted by molar-refractivity contribution is 7.89. The van der Waals surface area contributed by atoms with Crippen LogP contribution in [0.5, 0.6) is 0 Å². The predicted molar refractivity (Wildman–Crippen MR) is 105 cm³/mol. The lowest BCUT2D eigenvalue weighted by molar-refractivity contribution is 0.250. The minimum atomic E-state index is -3.57. The van der Waals surface area contributed by atoms with Crippen molar-refractivity contribution in [3.8, 4) is 0 Å². The second-order valence-corrected chi connectivity index (χ2v) is 10.1. The van der Waals surface area contributed by atoms with Crippen LogP contribution in [0.25, 0.3) is 0 Å². The maximum absolute atomic E-state index is 12.8. The summed E-state index contributed by atoms with van der Waals surface area (Å²) in [7, 11) is -3.57. The second-order valence-electron chi connectivity index (χ2n) is 8.18. The molecule has 0 unspecified atom stereocenters. The summed E-state index contributed by atoms with van der Waals surface area (Å²) in [6.45, 7) is 5.45. The predicted octanol–water partition coefficient (Wildman–Crippen LogP) is 2.00. The highest BCUT2D eigenvalue weighted by Gasteiger charge is 2.31. The zero-order chi connectivity index (χ0) is 19.9. The van der Waals surface area contributed by atoms with Crippen LogP contribution in [0.4, 0.5) is 0 Å². The third kappa shape index (κ3) is 3.91. The molecule has 1 saturated heterocycles. The van der Waals surface area contributed by atoms with E-state index in [4.69, 9.17) is 0 Å². The smallest absolute Gasteiger partial charge is 0.262 e. The van der Waals surface area contributed by atoms with E-state index in [-0.39, 0.29) is 22.5 Å². The zero-order valence-corrected chi connectivity index (χ0v) is 17.2. The van der Waals surface area contributed by atoms with Crippen LogP contribution in [0, 0.1) is 5.92 Å². The molecule has 0 aromatic carbocycles. The van der Waals surface area contributed by atoms with Gasteiger partial charge in [0.1, 0.15) is 0 Å². The van der Waals surface area contributed by atoms with Gasteiger partial charge >= 0.3 is 0 Å². The Kier molecular flexibility index (Phi) is 5.13. The number of hydrogen-bond acceptors (Lipinski definition) is 5. The number of nitrogens with zero attached hydrogens (tertiary/aromatic N) is 5. The summed E-state index contributed by atoms with van der Waals surface area (Å²) in [4.78, 5) is 20.8. The summed E-state index contributed by atoms with van der Waals surface area (Å²) in [5.41, 5.74) is 0.897. The first-order valence-corrected chi connectivity index (χ1v) is 11.4. The van der Waals surface area contributed by atoms with E-state index in [1.165, 1.54) is 4.31 Å². The normalized spacial score (nSPS) is 19.4. The van der Waals surface area contributed by atoms with E-state index < -0.39 is 10.0 Å². The van der Waals surface area contributed by atoms with E-state index in [0.29, 0.717) is 25.6 Å². The molecule has 0 amide bonds. The quantitative estimate of drug-likeness (QED) is 0.733. The van der Waals surface area contributed by atoms with Gasteiger partial charge in [0.25, 0.3) is 15.6 Å². The molecule has 152 valence electrons. The molecule has 28 heavy (non-hydrogen) atoms. The van der Waals surface area contributed by atoms with Crippen molar-refractivity contribution in [2.24, 2.45) is 5.92 Å². The molecule has 2 aromatic heterocycles. The number of hydrogen-bond donors (Lipinski definition) is 0. The fourth-order valence-electron chi connectivity index (χ4n) is 3.66. The largest absolute Gasteiger partial charge is 0.334 e. The van der Waals surface area contributed by atoms with Gasteiger partial charge in [0, 0.05) is 43.9 Å². The SMILES string of the molecule is CC(C)n1cnc(S(=O)(=O)N2CCC(Cn3cnc(C4CC4)cc3=O)CC2)c1. The Balaban J connectivity index is 1.38. The molecular weight excluding hydrogens is 378 g/mol. The zero-order valence-electron chi connectivity index (χ0n) is 16.4.